The molecule has 23 nitrogen and oxygen atoms in total. The van der Waals surface area contributed by atoms with Crippen LogP contribution >= 0.6 is 0 Å². The van der Waals surface area contributed by atoms with Gasteiger partial charge in [0.1, 0.15) is 91.6 Å². The molecular weight excluding hydrogens is 993 g/mol. The molecule has 0 amide bonds. The number of fused-ring (bicyclic) bond motifs is 7. The van der Waals surface area contributed by atoms with Gasteiger partial charge < -0.3 is 114 Å². The predicted molar refractivity (Wildman–Crippen MR) is 255 cm³/mol. The Balaban J connectivity index is 0.871. The van der Waals surface area contributed by atoms with Gasteiger partial charge in [0, 0.05) is 19.4 Å². The summed E-state index contributed by atoms with van der Waals surface area (Å²) in [6, 6.07) is 0. The van der Waals surface area contributed by atoms with Crippen LogP contribution in [-0.4, -0.2) is 241 Å². The van der Waals surface area contributed by atoms with Gasteiger partial charge in [0.15, 0.2) is 30.9 Å². The smallest absolute Gasteiger partial charge is 0.187 e. The largest absolute Gasteiger partial charge is 0.394 e. The van der Waals surface area contributed by atoms with Crippen molar-refractivity contribution >= 4 is 0 Å². The Morgan fingerprint density at radius 2 is 1.21 bits per heavy atom. The monoisotopic (exact) mass is 1080 g/mol. The molecule has 4 aliphatic carbocycles. The zero-order chi connectivity index (χ0) is 54.2. The maximum absolute atomic E-state index is 11.6. The third kappa shape index (κ3) is 10.5. The summed E-state index contributed by atoms with van der Waals surface area (Å²) in [5.41, 5.74) is 1.11. The number of aliphatic hydroxyl groups is 13. The Kier molecular flexibility index (Phi) is 17.9. The van der Waals surface area contributed by atoms with Crippen LogP contribution in [0.15, 0.2) is 11.6 Å². The van der Waals surface area contributed by atoms with Crippen molar-refractivity contribution in [1.82, 2.24) is 0 Å². The second-order valence-corrected chi connectivity index (χ2v) is 24.0. The minimum Gasteiger partial charge on any atom is -0.394 e. The number of aliphatic hydroxyl groups excluding tert-OH is 13. The average molecular weight is 1080 g/mol. The molecule has 0 aromatic heterocycles. The van der Waals surface area contributed by atoms with Gasteiger partial charge in [-0.25, -0.2) is 0 Å². The normalized spacial score (nSPS) is 54.3. The maximum atomic E-state index is 11.6. The summed E-state index contributed by atoms with van der Waals surface area (Å²) in [6.07, 6.45) is -21.5. The van der Waals surface area contributed by atoms with E-state index in [0.29, 0.717) is 43.4 Å². The Bertz CT molecular complexity index is 1930. The van der Waals surface area contributed by atoms with Crippen LogP contribution in [-0.2, 0) is 47.4 Å². The van der Waals surface area contributed by atoms with Crippen molar-refractivity contribution in [3.05, 3.63) is 11.6 Å². The van der Waals surface area contributed by atoms with Gasteiger partial charge in [0.2, 0.25) is 0 Å². The summed E-state index contributed by atoms with van der Waals surface area (Å²) in [6.45, 7) is 8.74. The molecule has 5 aliphatic heterocycles. The van der Waals surface area contributed by atoms with E-state index in [1.54, 1.807) is 7.11 Å². The van der Waals surface area contributed by atoms with E-state index in [1.807, 2.05) is 6.92 Å². The zero-order valence-corrected chi connectivity index (χ0v) is 43.8. The quantitative estimate of drug-likeness (QED) is 0.0720. The van der Waals surface area contributed by atoms with E-state index in [9.17, 15) is 66.4 Å². The number of allylic oxidation sites excluding steroid dienone is 1. The topological polar surface area (TPSA) is 355 Å². The Hall–Kier alpha value is -1.18. The minimum absolute atomic E-state index is 0.00228. The van der Waals surface area contributed by atoms with E-state index in [-0.39, 0.29) is 41.3 Å². The summed E-state index contributed by atoms with van der Waals surface area (Å²) in [5.74, 6) is 0.765. The summed E-state index contributed by atoms with van der Waals surface area (Å²) in [4.78, 5) is 0. The molecule has 0 aromatic rings. The van der Waals surface area contributed by atoms with Gasteiger partial charge in [-0.05, 0) is 98.7 Å². The highest BCUT2D eigenvalue weighted by atomic mass is 16.8. The number of hydrogen-bond donors (Lipinski definition) is 13. The second-order valence-electron chi connectivity index (χ2n) is 24.0. The van der Waals surface area contributed by atoms with E-state index in [2.05, 4.69) is 26.8 Å². The van der Waals surface area contributed by atoms with Crippen molar-refractivity contribution in [2.24, 2.45) is 46.3 Å². The lowest BCUT2D eigenvalue weighted by Gasteiger charge is -2.58. The van der Waals surface area contributed by atoms with Crippen LogP contribution in [0, 0.1) is 46.3 Å². The van der Waals surface area contributed by atoms with E-state index in [1.165, 1.54) is 12.5 Å². The fourth-order valence-corrected chi connectivity index (χ4v) is 15.3. The van der Waals surface area contributed by atoms with E-state index < -0.39 is 155 Å². The number of methoxy groups -OCH3 is 1. The molecule has 5 saturated heterocycles. The third-order valence-electron chi connectivity index (χ3n) is 19.8. The molecule has 13 N–H and O–H groups in total. The van der Waals surface area contributed by atoms with Gasteiger partial charge in [-0.1, -0.05) is 39.3 Å². The molecule has 75 heavy (non-hydrogen) atoms. The van der Waals surface area contributed by atoms with Gasteiger partial charge in [-0.3, -0.25) is 0 Å². The molecule has 8 fully saturated rings. The van der Waals surface area contributed by atoms with Crippen molar-refractivity contribution in [1.29, 1.82) is 0 Å². The lowest BCUT2D eigenvalue weighted by atomic mass is 9.47. The first-order valence-corrected chi connectivity index (χ1v) is 27.3. The second kappa shape index (κ2) is 23.0. The molecule has 3 saturated carbocycles. The fourth-order valence-electron chi connectivity index (χ4n) is 15.3. The van der Waals surface area contributed by atoms with Crippen LogP contribution in [0.1, 0.15) is 92.4 Å². The molecular formula is C52H86O23. The summed E-state index contributed by atoms with van der Waals surface area (Å²) >= 11 is 0. The van der Waals surface area contributed by atoms with Gasteiger partial charge in [-0.15, -0.1) is 0 Å². The Morgan fingerprint density at radius 3 is 1.85 bits per heavy atom. The van der Waals surface area contributed by atoms with E-state index in [4.69, 9.17) is 47.4 Å². The molecule has 0 spiro atoms. The van der Waals surface area contributed by atoms with Gasteiger partial charge in [-0.2, -0.15) is 0 Å². The first-order valence-electron chi connectivity index (χ1n) is 27.3. The molecule has 5 heterocycles. The first-order chi connectivity index (χ1) is 35.6. The van der Waals surface area contributed by atoms with Gasteiger partial charge >= 0.3 is 0 Å². The van der Waals surface area contributed by atoms with E-state index in [0.717, 1.165) is 32.1 Å². The minimum atomic E-state index is -1.88. The van der Waals surface area contributed by atoms with Gasteiger partial charge in [0.25, 0.3) is 0 Å². The van der Waals surface area contributed by atoms with Crippen LogP contribution < -0.4 is 0 Å². The van der Waals surface area contributed by atoms with Crippen LogP contribution in [0.2, 0.25) is 0 Å². The average Bonchev–Trinajstić information content (AvgIpc) is 3.92. The fraction of sp³-hybridized carbons (Fsp3) is 0.962. The molecule has 0 radical (unpaired) electrons. The number of ether oxygens (including phenoxy) is 10. The lowest BCUT2D eigenvalue weighted by Crippen LogP contribution is -2.67. The summed E-state index contributed by atoms with van der Waals surface area (Å²) < 4.78 is 61.6. The molecule has 9 rings (SSSR count). The Labute approximate surface area is 437 Å². The molecule has 432 valence electrons. The van der Waals surface area contributed by atoms with Crippen LogP contribution in [0.3, 0.4) is 0 Å². The first kappa shape index (κ1) is 58.5. The van der Waals surface area contributed by atoms with Crippen molar-refractivity contribution < 1.29 is 114 Å². The van der Waals surface area contributed by atoms with Crippen LogP contribution in [0.25, 0.3) is 0 Å². The highest BCUT2D eigenvalue weighted by Crippen LogP contribution is 2.70. The molecule has 23 heteroatoms. The SMILES string of the molecule is CO[C@]1(CCC(C)COC2OC(CO)C(O)C(O)C2O)O[C@@H]2C[C@@H]3[C@H]4CC=C5CC(OC6OC(CO)C(O)C(OC7OC(CO)C(O)C(O)C7O)C6OC6OC(C)C(O)C(O)C6O)CC[C@]5(C)[C@H]4CC[C@]3(C)[C@H]2C1C. The molecule has 0 aromatic carbocycles. The zero-order valence-electron chi connectivity index (χ0n) is 43.8. The molecule has 23 unspecified atom stereocenters. The van der Waals surface area contributed by atoms with Crippen molar-refractivity contribution in [2.75, 3.05) is 33.5 Å². The van der Waals surface area contributed by atoms with Crippen molar-refractivity contribution in [3.63, 3.8) is 0 Å². The Morgan fingerprint density at radius 1 is 0.640 bits per heavy atom. The van der Waals surface area contributed by atoms with Gasteiger partial charge in [0.05, 0.1) is 44.7 Å². The molecule has 31 atom stereocenters. The van der Waals surface area contributed by atoms with Crippen LogP contribution in [0.4, 0.5) is 0 Å². The lowest BCUT2D eigenvalue weighted by molar-refractivity contribution is -0.394. The van der Waals surface area contributed by atoms with Crippen LogP contribution in [0.5, 0.6) is 0 Å². The number of hydrogen-bond acceptors (Lipinski definition) is 23. The maximum Gasteiger partial charge on any atom is 0.187 e. The van der Waals surface area contributed by atoms with Crippen molar-refractivity contribution in [3.8, 4) is 0 Å². The molecule has 0 bridgehead atoms. The van der Waals surface area contributed by atoms with Crippen molar-refractivity contribution in [2.45, 2.75) is 233 Å². The van der Waals surface area contributed by atoms with E-state index >= 15 is 0 Å². The highest BCUT2D eigenvalue weighted by Gasteiger charge is 2.68. The predicted octanol–water partition coefficient (Wildman–Crippen LogP) is -2.35. The highest BCUT2D eigenvalue weighted by molar-refractivity contribution is 5.26. The third-order valence-corrected chi connectivity index (χ3v) is 19.8. The standard InChI is InChI=1S/C52H86O23/c1-21(20-67-46-41(63)39(61)35(57)30(17-53)70-46)9-14-52(66-6)22(2)33-29(75-52)16-28-26-8-7-24-15-25(10-12-50(24,4)27(26)11-13-51(28,33)5)69-49-45(74-47-42(64)38(60)34(56)23(3)68-47)44(37(59)32(19-55)72-49)73-48-43(65)40(62)36(58)31(18-54)71-48/h7,21-23,25-49,53-65H,8-20H2,1-6H3/t21?,22?,23?,25?,26-,27-,28+,29+,30?,31?,32?,33-,34?,35?,36?,37?,38?,39?,40?,41?,42?,43?,44?,45?,46?,47?,48?,49?,50-,51-,52+/m0/s1. The summed E-state index contributed by atoms with van der Waals surface area (Å²) in [5, 5.41) is 137. The summed E-state index contributed by atoms with van der Waals surface area (Å²) in [7, 11) is 1.71. The molecule has 9 aliphatic rings. The number of rotatable bonds is 16.